The first kappa shape index (κ1) is 14.8. The second kappa shape index (κ2) is 9.02. The summed E-state index contributed by atoms with van der Waals surface area (Å²) in [6.45, 7) is 11.7. The second-order valence-corrected chi connectivity index (χ2v) is 5.48. The van der Waals surface area contributed by atoms with E-state index in [9.17, 15) is 0 Å². The molecule has 0 spiro atoms. The molecule has 0 fully saturated rings. The molecule has 0 atom stereocenters. The Kier molecular flexibility index (Phi) is 8.87. The molecule has 0 bridgehead atoms. The first-order chi connectivity index (χ1) is 7.21. The van der Waals surface area contributed by atoms with Gasteiger partial charge in [-0.1, -0.05) is 39.3 Å². The van der Waals surface area contributed by atoms with Crippen LogP contribution >= 0.6 is 0 Å². The number of allylic oxidation sites excluding steroid dienone is 2. The molecule has 0 heterocycles. The molecule has 0 saturated carbocycles. The minimum absolute atomic E-state index is 1.22. The molecule has 1 nitrogen and oxygen atoms in total. The van der Waals surface area contributed by atoms with Crippen molar-refractivity contribution < 1.29 is 0 Å². The highest BCUT2D eigenvalue weighted by Crippen LogP contribution is 2.16. The lowest BCUT2D eigenvalue weighted by Gasteiger charge is -2.28. The molecule has 0 N–H and O–H groups in total. The molecule has 0 radical (unpaired) electrons. The summed E-state index contributed by atoms with van der Waals surface area (Å²) in [6.07, 6.45) is 6.38. The van der Waals surface area contributed by atoms with Gasteiger partial charge in [-0.15, -0.1) is 0 Å². The van der Waals surface area contributed by atoms with Crippen molar-refractivity contribution in [1.29, 1.82) is 0 Å². The second-order valence-electron chi connectivity index (χ2n) is 4.27. The van der Waals surface area contributed by atoms with Crippen molar-refractivity contribution >= 4 is 10.2 Å². The zero-order chi connectivity index (χ0) is 11.7. The van der Waals surface area contributed by atoms with Crippen molar-refractivity contribution in [2.24, 2.45) is 0 Å². The molecular formula is C13H29NSi. The fourth-order valence-corrected chi connectivity index (χ4v) is 2.67. The Morgan fingerprint density at radius 2 is 1.60 bits per heavy atom. The highest BCUT2D eigenvalue weighted by atomic mass is 28.1. The summed E-state index contributed by atoms with van der Waals surface area (Å²) in [5, 5.41) is 1.71. The van der Waals surface area contributed by atoms with Gasteiger partial charge in [-0.3, -0.25) is 0 Å². The van der Waals surface area contributed by atoms with Crippen molar-refractivity contribution in [3.05, 3.63) is 10.9 Å². The molecule has 0 amide bonds. The summed E-state index contributed by atoms with van der Waals surface area (Å²) in [7, 11) is 1.23. The summed E-state index contributed by atoms with van der Waals surface area (Å²) in [6, 6.07) is 0. The maximum Gasteiger partial charge on any atom is 0.0355 e. The average molecular weight is 227 g/mol. The van der Waals surface area contributed by atoms with Gasteiger partial charge in [0.25, 0.3) is 0 Å². The molecule has 0 aliphatic carbocycles. The van der Waals surface area contributed by atoms with E-state index in [2.05, 4.69) is 32.6 Å². The van der Waals surface area contributed by atoms with E-state index in [4.69, 9.17) is 0 Å². The van der Waals surface area contributed by atoms with E-state index in [1.54, 1.807) is 10.9 Å². The van der Waals surface area contributed by atoms with Crippen LogP contribution in [0.4, 0.5) is 0 Å². The Morgan fingerprint density at radius 1 is 0.933 bits per heavy atom. The topological polar surface area (TPSA) is 3.24 Å². The van der Waals surface area contributed by atoms with Gasteiger partial charge < -0.3 is 4.90 Å². The number of rotatable bonds is 8. The van der Waals surface area contributed by atoms with Gasteiger partial charge in [0.05, 0.1) is 0 Å². The molecule has 0 aromatic rings. The van der Waals surface area contributed by atoms with E-state index in [1.165, 1.54) is 55.4 Å². The highest BCUT2D eigenvalue weighted by Gasteiger charge is 2.08. The Morgan fingerprint density at radius 3 is 2.00 bits per heavy atom. The average Bonchev–Trinajstić information content (AvgIpc) is 2.26. The predicted octanol–water partition coefficient (Wildman–Crippen LogP) is 2.90. The maximum atomic E-state index is 2.63. The largest absolute Gasteiger partial charge is 0.375 e. The first-order valence-corrected chi connectivity index (χ1v) is 7.64. The van der Waals surface area contributed by atoms with Crippen LogP contribution in [0.25, 0.3) is 0 Å². The van der Waals surface area contributed by atoms with Crippen LogP contribution in [0, 0.1) is 0 Å². The van der Waals surface area contributed by atoms with Gasteiger partial charge in [-0.25, -0.2) is 0 Å². The lowest BCUT2D eigenvalue weighted by Crippen LogP contribution is -2.26. The third kappa shape index (κ3) is 5.40. The van der Waals surface area contributed by atoms with Gasteiger partial charge in [0.2, 0.25) is 0 Å². The van der Waals surface area contributed by atoms with Gasteiger partial charge in [0, 0.05) is 29.0 Å². The van der Waals surface area contributed by atoms with Crippen LogP contribution in [0.15, 0.2) is 10.9 Å². The van der Waals surface area contributed by atoms with Crippen molar-refractivity contribution in [2.45, 2.75) is 59.8 Å². The lowest BCUT2D eigenvalue weighted by molar-refractivity contribution is 0.326. The quantitative estimate of drug-likeness (QED) is 0.576. The normalized spacial score (nSPS) is 12.8. The molecule has 0 unspecified atom stereocenters. The highest BCUT2D eigenvalue weighted by molar-refractivity contribution is 6.21. The van der Waals surface area contributed by atoms with Crippen LogP contribution in [0.2, 0.25) is 0 Å². The first-order valence-electron chi connectivity index (χ1n) is 6.64. The van der Waals surface area contributed by atoms with E-state index < -0.39 is 0 Å². The zero-order valence-corrected chi connectivity index (χ0v) is 13.4. The molecular weight excluding hydrogens is 198 g/mol. The molecule has 15 heavy (non-hydrogen) atoms. The lowest BCUT2D eigenvalue weighted by atomic mass is 10.2. The molecule has 0 aromatic heterocycles. The summed E-state index contributed by atoms with van der Waals surface area (Å²) in [5.74, 6) is 0. The number of unbranched alkanes of at least 4 members (excludes halogenated alkanes) is 1. The van der Waals surface area contributed by atoms with Crippen LogP contribution in [0.3, 0.4) is 0 Å². The Hall–Kier alpha value is -0.243. The van der Waals surface area contributed by atoms with Gasteiger partial charge in [-0.2, -0.15) is 0 Å². The Bertz CT molecular complexity index is 187. The van der Waals surface area contributed by atoms with E-state index in [0.717, 1.165) is 0 Å². The molecule has 0 aliphatic heterocycles. The summed E-state index contributed by atoms with van der Waals surface area (Å²) >= 11 is 0. The molecule has 0 aliphatic rings. The van der Waals surface area contributed by atoms with Gasteiger partial charge in [0.15, 0.2) is 0 Å². The molecule has 0 saturated heterocycles. The van der Waals surface area contributed by atoms with Crippen LogP contribution in [-0.4, -0.2) is 28.2 Å². The van der Waals surface area contributed by atoms with Crippen molar-refractivity contribution in [3.8, 4) is 0 Å². The molecule has 90 valence electrons. The van der Waals surface area contributed by atoms with Crippen molar-refractivity contribution in [1.82, 2.24) is 4.90 Å². The molecule has 2 heteroatoms. The van der Waals surface area contributed by atoms with E-state index in [-0.39, 0.29) is 0 Å². The fourth-order valence-electron chi connectivity index (χ4n) is 2.00. The Labute approximate surface area is 99.4 Å². The maximum absolute atomic E-state index is 2.63. The van der Waals surface area contributed by atoms with E-state index >= 15 is 0 Å². The van der Waals surface area contributed by atoms with Crippen LogP contribution in [0.1, 0.15) is 59.8 Å². The number of hydrogen-bond donors (Lipinski definition) is 0. The third-order valence-corrected chi connectivity index (χ3v) is 4.30. The molecule has 0 aromatic carbocycles. The van der Waals surface area contributed by atoms with E-state index in [1.807, 2.05) is 0 Å². The number of nitrogens with zero attached hydrogens (tertiary/aromatic N) is 1. The van der Waals surface area contributed by atoms with Crippen LogP contribution in [0.5, 0.6) is 0 Å². The third-order valence-electron chi connectivity index (χ3n) is 3.01. The fraction of sp³-hybridized carbons (Fsp3) is 0.846. The SMILES string of the molecule is CCCCN(CCC)C(CC)=C([SiH3])CC. The number of hydrogen-bond acceptors (Lipinski definition) is 1. The zero-order valence-electron chi connectivity index (χ0n) is 11.4. The van der Waals surface area contributed by atoms with Crippen LogP contribution in [-0.2, 0) is 0 Å². The van der Waals surface area contributed by atoms with Gasteiger partial charge >= 0.3 is 0 Å². The minimum atomic E-state index is 1.22. The monoisotopic (exact) mass is 227 g/mol. The molecule has 0 rings (SSSR count). The van der Waals surface area contributed by atoms with E-state index in [0.29, 0.717) is 0 Å². The summed E-state index contributed by atoms with van der Waals surface area (Å²) < 4.78 is 0. The van der Waals surface area contributed by atoms with Gasteiger partial charge in [0.1, 0.15) is 0 Å². The summed E-state index contributed by atoms with van der Waals surface area (Å²) in [5.41, 5.74) is 1.65. The van der Waals surface area contributed by atoms with Crippen molar-refractivity contribution in [2.75, 3.05) is 13.1 Å². The van der Waals surface area contributed by atoms with Crippen LogP contribution < -0.4 is 0 Å². The smallest absolute Gasteiger partial charge is 0.0355 e. The standard InChI is InChI=1S/C13H29NSi/c1-5-9-11-14(10-6-2)12(7-3)13(15)8-4/h5-11H2,1-4,15H3. The Balaban J connectivity index is 4.54. The van der Waals surface area contributed by atoms with Gasteiger partial charge in [-0.05, 0) is 25.7 Å². The minimum Gasteiger partial charge on any atom is -0.375 e. The predicted molar refractivity (Wildman–Crippen MR) is 74.3 cm³/mol. The van der Waals surface area contributed by atoms with Crippen molar-refractivity contribution in [3.63, 3.8) is 0 Å². The summed E-state index contributed by atoms with van der Waals surface area (Å²) in [4.78, 5) is 2.63.